The smallest absolute Gasteiger partial charge is 0.277 e. The third-order valence-electron chi connectivity index (χ3n) is 4.34. The van der Waals surface area contributed by atoms with E-state index >= 15 is 0 Å². The zero-order valence-electron chi connectivity index (χ0n) is 15.0. The van der Waals surface area contributed by atoms with Crippen LogP contribution in [0.5, 0.6) is 0 Å². The van der Waals surface area contributed by atoms with Gasteiger partial charge in [0, 0.05) is 13.5 Å². The molecule has 0 radical (unpaired) electrons. The number of rotatable bonds is 5. The van der Waals surface area contributed by atoms with Crippen LogP contribution < -0.4 is 11.1 Å². The number of nitrogens with zero attached hydrogens (tertiary/aromatic N) is 5. The van der Waals surface area contributed by atoms with Crippen molar-refractivity contribution >= 4 is 38.4 Å². The predicted octanol–water partition coefficient (Wildman–Crippen LogP) is 1.14. The second-order valence-corrected chi connectivity index (χ2v) is 7.20. The minimum absolute atomic E-state index is 0.0777. The Hall–Kier alpha value is -3.40. The van der Waals surface area contributed by atoms with E-state index in [0.29, 0.717) is 26.9 Å². The number of nitrogens with one attached hydrogen (secondary N) is 1. The third kappa shape index (κ3) is 3.41. The Kier molecular flexibility index (Phi) is 4.70. The van der Waals surface area contributed by atoms with Crippen LogP contribution in [0.1, 0.15) is 12.2 Å². The lowest BCUT2D eigenvalue weighted by atomic mass is 10.2. The molecule has 0 spiro atoms. The van der Waals surface area contributed by atoms with Crippen LogP contribution in [-0.2, 0) is 17.9 Å². The summed E-state index contributed by atoms with van der Waals surface area (Å²) in [7, 11) is 1.62. The van der Waals surface area contributed by atoms with Crippen LogP contribution in [0.3, 0.4) is 0 Å². The van der Waals surface area contributed by atoms with Gasteiger partial charge in [-0.1, -0.05) is 17.3 Å². The number of amides is 1. The van der Waals surface area contributed by atoms with Gasteiger partial charge in [0.25, 0.3) is 11.1 Å². The van der Waals surface area contributed by atoms with Crippen molar-refractivity contribution in [3.63, 3.8) is 0 Å². The van der Waals surface area contributed by atoms with E-state index in [2.05, 4.69) is 20.3 Å². The van der Waals surface area contributed by atoms with Crippen LogP contribution in [0, 0.1) is 0 Å². The molecule has 0 aliphatic carbocycles. The number of aromatic amines is 1. The van der Waals surface area contributed by atoms with Crippen molar-refractivity contribution in [1.82, 2.24) is 29.9 Å². The van der Waals surface area contributed by atoms with E-state index in [9.17, 15) is 14.4 Å². The van der Waals surface area contributed by atoms with Crippen molar-refractivity contribution in [3.8, 4) is 0 Å². The Labute approximate surface area is 162 Å². The molecule has 1 aromatic carbocycles. The Morgan fingerprint density at radius 2 is 2.04 bits per heavy atom. The number of carbonyl (C=O) groups excluding carboxylic acids is 1. The first-order chi connectivity index (χ1) is 13.5. The highest BCUT2D eigenvalue weighted by Crippen LogP contribution is 2.14. The van der Waals surface area contributed by atoms with Gasteiger partial charge in [0.2, 0.25) is 5.91 Å². The largest absolute Gasteiger partial charge is 0.338 e. The zero-order chi connectivity index (χ0) is 19.7. The van der Waals surface area contributed by atoms with Gasteiger partial charge in [-0.3, -0.25) is 14.4 Å². The van der Waals surface area contributed by atoms with Gasteiger partial charge in [-0.25, -0.2) is 9.67 Å². The lowest BCUT2D eigenvalue weighted by molar-refractivity contribution is -0.130. The molecule has 3 aromatic heterocycles. The lowest BCUT2D eigenvalue weighted by Gasteiger charge is -2.16. The fourth-order valence-corrected chi connectivity index (χ4v) is 3.60. The Balaban J connectivity index is 1.45. The SMILES string of the molecule is CN(Cc1nc2ccsc2c(=O)[nH]1)C(=O)CCn1nnc2ccccc2c1=O. The first-order valence-electron chi connectivity index (χ1n) is 8.56. The van der Waals surface area contributed by atoms with E-state index in [1.54, 1.807) is 42.8 Å². The first kappa shape index (κ1) is 18.0. The Morgan fingerprint density at radius 3 is 2.89 bits per heavy atom. The summed E-state index contributed by atoms with van der Waals surface area (Å²) in [6, 6.07) is 8.70. The van der Waals surface area contributed by atoms with Crippen LogP contribution in [0.15, 0.2) is 45.3 Å². The molecule has 3 heterocycles. The van der Waals surface area contributed by atoms with E-state index in [-0.39, 0.29) is 36.5 Å². The maximum atomic E-state index is 12.4. The highest BCUT2D eigenvalue weighted by atomic mass is 32.1. The summed E-state index contributed by atoms with van der Waals surface area (Å²) in [4.78, 5) is 45.4. The van der Waals surface area contributed by atoms with Crippen LogP contribution in [-0.4, -0.2) is 42.8 Å². The third-order valence-corrected chi connectivity index (χ3v) is 5.25. The van der Waals surface area contributed by atoms with Gasteiger partial charge < -0.3 is 9.88 Å². The van der Waals surface area contributed by atoms with E-state index in [4.69, 9.17) is 0 Å². The number of benzene rings is 1. The summed E-state index contributed by atoms with van der Waals surface area (Å²) in [6.45, 7) is 0.283. The van der Waals surface area contributed by atoms with E-state index in [1.165, 1.54) is 20.9 Å². The van der Waals surface area contributed by atoms with Crippen LogP contribution in [0.4, 0.5) is 0 Å². The summed E-state index contributed by atoms with van der Waals surface area (Å²) < 4.78 is 1.75. The van der Waals surface area contributed by atoms with Crippen molar-refractivity contribution in [3.05, 3.63) is 62.2 Å². The number of aryl methyl sites for hydroxylation is 1. The van der Waals surface area contributed by atoms with Gasteiger partial charge in [0.05, 0.1) is 24.0 Å². The molecule has 0 fully saturated rings. The topological polar surface area (TPSA) is 114 Å². The highest BCUT2D eigenvalue weighted by Gasteiger charge is 2.14. The molecule has 0 saturated carbocycles. The fourth-order valence-electron chi connectivity index (χ4n) is 2.87. The molecule has 0 aliphatic rings. The predicted molar refractivity (Wildman–Crippen MR) is 105 cm³/mol. The molecule has 0 atom stereocenters. The maximum absolute atomic E-state index is 12.4. The number of hydrogen-bond donors (Lipinski definition) is 1. The van der Waals surface area contributed by atoms with Crippen LogP contribution >= 0.6 is 11.3 Å². The molecular weight excluding hydrogens is 380 g/mol. The molecule has 0 aliphatic heterocycles. The molecule has 0 bridgehead atoms. The van der Waals surface area contributed by atoms with Gasteiger partial charge in [-0.15, -0.1) is 16.4 Å². The molecule has 0 unspecified atom stereocenters. The second-order valence-electron chi connectivity index (χ2n) is 6.28. The van der Waals surface area contributed by atoms with Crippen LogP contribution in [0.2, 0.25) is 0 Å². The number of hydrogen-bond acceptors (Lipinski definition) is 7. The average molecular weight is 396 g/mol. The number of thiophene rings is 1. The molecular formula is C18H16N6O3S. The minimum Gasteiger partial charge on any atom is -0.338 e. The van der Waals surface area contributed by atoms with Crippen LogP contribution in [0.25, 0.3) is 21.1 Å². The number of aromatic nitrogens is 5. The normalized spacial score (nSPS) is 11.2. The molecule has 9 nitrogen and oxygen atoms in total. The van der Waals surface area contributed by atoms with Gasteiger partial charge >= 0.3 is 0 Å². The van der Waals surface area contributed by atoms with Crippen molar-refractivity contribution in [1.29, 1.82) is 0 Å². The monoisotopic (exact) mass is 396 g/mol. The molecule has 28 heavy (non-hydrogen) atoms. The van der Waals surface area contributed by atoms with Crippen molar-refractivity contribution in [2.45, 2.75) is 19.5 Å². The maximum Gasteiger partial charge on any atom is 0.277 e. The molecule has 142 valence electrons. The summed E-state index contributed by atoms with van der Waals surface area (Å²) in [5.41, 5.74) is 0.637. The van der Waals surface area contributed by atoms with Crippen molar-refractivity contribution in [2.24, 2.45) is 0 Å². The summed E-state index contributed by atoms with van der Waals surface area (Å²) in [5.74, 6) is 0.212. The van der Waals surface area contributed by atoms with Gasteiger partial charge in [0.15, 0.2) is 0 Å². The molecule has 1 amide bonds. The second kappa shape index (κ2) is 7.31. The van der Waals surface area contributed by atoms with Crippen molar-refractivity contribution in [2.75, 3.05) is 7.05 Å². The fraction of sp³-hybridized carbons (Fsp3) is 0.222. The Morgan fingerprint density at radius 1 is 1.21 bits per heavy atom. The number of H-pyrrole nitrogens is 1. The van der Waals surface area contributed by atoms with Gasteiger partial charge in [-0.2, -0.15) is 0 Å². The molecule has 4 rings (SSSR count). The van der Waals surface area contributed by atoms with Crippen molar-refractivity contribution < 1.29 is 4.79 Å². The molecule has 10 heteroatoms. The summed E-state index contributed by atoms with van der Waals surface area (Å²) in [6.07, 6.45) is 0.0777. The molecule has 1 N–H and O–H groups in total. The van der Waals surface area contributed by atoms with E-state index in [1.807, 2.05) is 0 Å². The summed E-state index contributed by atoms with van der Waals surface area (Å²) in [5, 5.41) is 10.2. The van der Waals surface area contributed by atoms with E-state index in [0.717, 1.165) is 0 Å². The Bertz CT molecular complexity index is 1290. The molecule has 4 aromatic rings. The number of fused-ring (bicyclic) bond motifs is 2. The zero-order valence-corrected chi connectivity index (χ0v) is 15.8. The molecule has 0 saturated heterocycles. The van der Waals surface area contributed by atoms with Gasteiger partial charge in [0.1, 0.15) is 16.0 Å². The quantitative estimate of drug-likeness (QED) is 0.541. The van der Waals surface area contributed by atoms with Gasteiger partial charge in [-0.05, 0) is 23.6 Å². The number of carbonyl (C=O) groups is 1. The van der Waals surface area contributed by atoms with E-state index < -0.39 is 0 Å². The summed E-state index contributed by atoms with van der Waals surface area (Å²) >= 11 is 1.32. The average Bonchev–Trinajstić information content (AvgIpc) is 3.16. The highest BCUT2D eigenvalue weighted by molar-refractivity contribution is 7.17. The lowest BCUT2D eigenvalue weighted by Crippen LogP contribution is -2.31. The minimum atomic E-state index is -0.282. The standard InChI is InChI=1S/C18H16N6O3S/c1-23(10-14-19-13-7-9-28-16(13)17(26)20-14)15(25)6-8-24-18(27)11-4-2-3-5-12(11)21-22-24/h2-5,7,9H,6,8,10H2,1H3,(H,19,20,26). The first-order valence-corrected chi connectivity index (χ1v) is 9.44.